The van der Waals surface area contributed by atoms with Crippen molar-refractivity contribution in [2.75, 3.05) is 6.54 Å². The first kappa shape index (κ1) is 11.5. The summed E-state index contributed by atoms with van der Waals surface area (Å²) in [6.45, 7) is 3.07. The quantitative estimate of drug-likeness (QED) is 0.845. The van der Waals surface area contributed by atoms with Crippen molar-refractivity contribution in [3.63, 3.8) is 0 Å². The minimum absolute atomic E-state index is 0.379. The molecular weight excluding hydrogens is 218 g/mol. The molecule has 0 spiro atoms. The summed E-state index contributed by atoms with van der Waals surface area (Å²) in [7, 11) is 0. The highest BCUT2D eigenvalue weighted by molar-refractivity contribution is 7.10. The van der Waals surface area contributed by atoms with Gasteiger partial charge in [0.1, 0.15) is 0 Å². The lowest BCUT2D eigenvalue weighted by molar-refractivity contribution is 0.572. The Morgan fingerprint density at radius 3 is 3.25 bits per heavy atom. The largest absolute Gasteiger partial charge is 0.370 e. The average molecular weight is 237 g/mol. The Morgan fingerprint density at radius 2 is 2.50 bits per heavy atom. The molecule has 1 atom stereocenters. The van der Waals surface area contributed by atoms with E-state index in [9.17, 15) is 0 Å². The van der Waals surface area contributed by atoms with Crippen molar-refractivity contribution in [3.8, 4) is 0 Å². The fraction of sp³-hybridized carbons (Fsp3) is 0.583. The summed E-state index contributed by atoms with van der Waals surface area (Å²) in [6, 6.07) is 2.63. The molecule has 2 rings (SSSR count). The van der Waals surface area contributed by atoms with Crippen LogP contribution in [0.1, 0.15) is 42.7 Å². The van der Waals surface area contributed by atoms with Crippen LogP contribution in [0.5, 0.6) is 0 Å². The molecule has 0 aliphatic carbocycles. The topological polar surface area (TPSA) is 50.4 Å². The molecule has 0 fully saturated rings. The minimum atomic E-state index is 0.379. The number of hydrogen-bond acceptors (Lipinski definition) is 4. The highest BCUT2D eigenvalue weighted by atomic mass is 32.1. The van der Waals surface area contributed by atoms with E-state index in [2.05, 4.69) is 28.7 Å². The number of nitrogens with two attached hydrogens (primary N) is 1. The zero-order valence-corrected chi connectivity index (χ0v) is 10.5. The SMILES string of the molecule is CCCCc1ccsc1C1CCN=C(N)N1. The van der Waals surface area contributed by atoms with Gasteiger partial charge in [0.15, 0.2) is 5.96 Å². The molecule has 0 radical (unpaired) electrons. The zero-order chi connectivity index (χ0) is 11.4. The number of thiophene rings is 1. The van der Waals surface area contributed by atoms with Crippen LogP contribution in [0.2, 0.25) is 0 Å². The van der Waals surface area contributed by atoms with Crippen molar-refractivity contribution in [1.29, 1.82) is 0 Å². The lowest BCUT2D eigenvalue weighted by Gasteiger charge is -2.22. The van der Waals surface area contributed by atoms with E-state index in [1.807, 2.05) is 11.3 Å². The standard InChI is InChI=1S/C12H19N3S/c1-2-3-4-9-6-8-16-11(9)10-5-7-14-12(13)15-10/h6,8,10H,2-5,7H2,1H3,(H3,13,14,15). The maximum absolute atomic E-state index is 5.72. The maximum Gasteiger partial charge on any atom is 0.189 e. The van der Waals surface area contributed by atoms with E-state index in [1.54, 1.807) is 0 Å². The van der Waals surface area contributed by atoms with E-state index in [0.29, 0.717) is 12.0 Å². The van der Waals surface area contributed by atoms with E-state index in [-0.39, 0.29) is 0 Å². The Bertz CT molecular complexity index is 370. The van der Waals surface area contributed by atoms with Crippen LogP contribution in [0.3, 0.4) is 0 Å². The van der Waals surface area contributed by atoms with Crippen molar-refractivity contribution in [3.05, 3.63) is 21.9 Å². The number of guanidine groups is 1. The molecule has 0 aromatic carbocycles. The van der Waals surface area contributed by atoms with Crippen molar-refractivity contribution < 1.29 is 0 Å². The van der Waals surface area contributed by atoms with E-state index < -0.39 is 0 Å². The summed E-state index contributed by atoms with van der Waals surface area (Å²) in [5.74, 6) is 0.589. The third kappa shape index (κ3) is 2.55. The predicted molar refractivity (Wildman–Crippen MR) is 69.9 cm³/mol. The molecule has 1 unspecified atom stereocenters. The smallest absolute Gasteiger partial charge is 0.189 e. The summed E-state index contributed by atoms with van der Waals surface area (Å²) in [5, 5.41) is 5.46. The van der Waals surface area contributed by atoms with Crippen LogP contribution in [-0.4, -0.2) is 12.5 Å². The third-order valence-corrected chi connectivity index (χ3v) is 3.99. The molecule has 1 aromatic heterocycles. The monoisotopic (exact) mass is 237 g/mol. The second-order valence-electron chi connectivity index (χ2n) is 4.17. The third-order valence-electron chi connectivity index (χ3n) is 2.92. The molecule has 1 aliphatic rings. The highest BCUT2D eigenvalue weighted by Crippen LogP contribution is 2.29. The Labute approximate surface area is 101 Å². The van der Waals surface area contributed by atoms with Gasteiger partial charge in [0.25, 0.3) is 0 Å². The average Bonchev–Trinajstić information content (AvgIpc) is 2.74. The van der Waals surface area contributed by atoms with Gasteiger partial charge in [-0.25, -0.2) is 0 Å². The fourth-order valence-electron chi connectivity index (χ4n) is 2.03. The molecule has 0 amide bonds. The van der Waals surface area contributed by atoms with Gasteiger partial charge in [-0.3, -0.25) is 4.99 Å². The van der Waals surface area contributed by atoms with E-state index >= 15 is 0 Å². The first-order chi connectivity index (χ1) is 7.81. The molecule has 88 valence electrons. The fourth-order valence-corrected chi connectivity index (χ4v) is 3.08. The first-order valence-corrected chi connectivity index (χ1v) is 6.82. The molecule has 1 aromatic rings. The van der Waals surface area contributed by atoms with Crippen LogP contribution in [0.4, 0.5) is 0 Å². The van der Waals surface area contributed by atoms with Crippen molar-refractivity contribution in [1.82, 2.24) is 5.32 Å². The second-order valence-corrected chi connectivity index (χ2v) is 5.11. The second kappa shape index (κ2) is 5.34. The highest BCUT2D eigenvalue weighted by Gasteiger charge is 2.19. The number of aryl methyl sites for hydroxylation is 1. The number of hydrogen-bond donors (Lipinski definition) is 2. The Morgan fingerprint density at radius 1 is 1.62 bits per heavy atom. The Hall–Kier alpha value is -1.03. The van der Waals surface area contributed by atoms with Crippen LogP contribution in [0.25, 0.3) is 0 Å². The Kier molecular flexibility index (Phi) is 3.83. The van der Waals surface area contributed by atoms with Gasteiger partial charge in [-0.1, -0.05) is 13.3 Å². The number of nitrogens with zero attached hydrogens (tertiary/aromatic N) is 1. The van der Waals surface area contributed by atoms with Crippen LogP contribution >= 0.6 is 11.3 Å². The molecular formula is C12H19N3S. The van der Waals surface area contributed by atoms with Gasteiger partial charge in [0.05, 0.1) is 6.04 Å². The lowest BCUT2D eigenvalue weighted by atomic mass is 10.0. The lowest BCUT2D eigenvalue weighted by Crippen LogP contribution is -2.38. The van der Waals surface area contributed by atoms with Gasteiger partial charge < -0.3 is 11.1 Å². The molecule has 0 saturated heterocycles. The van der Waals surface area contributed by atoms with E-state index in [1.165, 1.54) is 29.7 Å². The number of unbranched alkanes of at least 4 members (excludes halogenated alkanes) is 1. The number of aliphatic imine (C=N–C) groups is 1. The summed E-state index contributed by atoms with van der Waals surface area (Å²) in [4.78, 5) is 5.62. The minimum Gasteiger partial charge on any atom is -0.370 e. The van der Waals surface area contributed by atoms with Crippen LogP contribution in [0, 0.1) is 0 Å². The van der Waals surface area contributed by atoms with Gasteiger partial charge in [0.2, 0.25) is 0 Å². The van der Waals surface area contributed by atoms with Gasteiger partial charge in [-0.2, -0.15) is 0 Å². The Balaban J connectivity index is 2.08. The number of rotatable bonds is 4. The van der Waals surface area contributed by atoms with Gasteiger partial charge in [-0.05, 0) is 36.3 Å². The van der Waals surface area contributed by atoms with Crippen LogP contribution in [-0.2, 0) is 6.42 Å². The first-order valence-electron chi connectivity index (χ1n) is 5.94. The molecule has 0 bridgehead atoms. The summed E-state index contributed by atoms with van der Waals surface area (Å²) >= 11 is 1.84. The van der Waals surface area contributed by atoms with Gasteiger partial charge in [0, 0.05) is 11.4 Å². The molecule has 1 aliphatic heterocycles. The van der Waals surface area contributed by atoms with E-state index in [4.69, 9.17) is 5.73 Å². The molecule has 2 heterocycles. The number of nitrogens with one attached hydrogen (secondary N) is 1. The summed E-state index contributed by atoms with van der Waals surface area (Å²) < 4.78 is 0. The van der Waals surface area contributed by atoms with Crippen molar-refractivity contribution in [2.24, 2.45) is 10.7 Å². The normalized spacial score (nSPS) is 20.3. The molecule has 4 heteroatoms. The van der Waals surface area contributed by atoms with Crippen LogP contribution < -0.4 is 11.1 Å². The van der Waals surface area contributed by atoms with Crippen molar-refractivity contribution >= 4 is 17.3 Å². The molecule has 16 heavy (non-hydrogen) atoms. The maximum atomic E-state index is 5.72. The molecule has 3 nitrogen and oxygen atoms in total. The molecule has 0 saturated carbocycles. The molecule has 3 N–H and O–H groups in total. The zero-order valence-electron chi connectivity index (χ0n) is 9.70. The van der Waals surface area contributed by atoms with Crippen molar-refractivity contribution in [2.45, 2.75) is 38.6 Å². The summed E-state index contributed by atoms with van der Waals surface area (Å²) in [6.07, 6.45) is 4.75. The van der Waals surface area contributed by atoms with Gasteiger partial charge >= 0.3 is 0 Å². The van der Waals surface area contributed by atoms with Crippen LogP contribution in [0.15, 0.2) is 16.4 Å². The van der Waals surface area contributed by atoms with E-state index in [0.717, 1.165) is 13.0 Å². The summed E-state index contributed by atoms with van der Waals surface area (Å²) in [5.41, 5.74) is 7.21. The predicted octanol–water partition coefficient (Wildman–Crippen LogP) is 2.44. The van der Waals surface area contributed by atoms with Gasteiger partial charge in [-0.15, -0.1) is 11.3 Å².